The van der Waals surface area contributed by atoms with Crippen molar-refractivity contribution in [2.75, 3.05) is 0 Å². The van der Waals surface area contributed by atoms with Gasteiger partial charge < -0.3 is 10.1 Å². The van der Waals surface area contributed by atoms with Crippen molar-refractivity contribution in [3.63, 3.8) is 0 Å². The number of ketones is 1. The van der Waals surface area contributed by atoms with Crippen molar-refractivity contribution >= 4 is 27.3 Å². The van der Waals surface area contributed by atoms with E-state index in [1.54, 1.807) is 18.2 Å². The molecule has 0 atom stereocenters. The molecule has 4 aromatic rings. The molecule has 0 aliphatic carbocycles. The van der Waals surface area contributed by atoms with Crippen LogP contribution in [0.5, 0.6) is 0 Å². The molecule has 0 saturated carbocycles. The number of hydrogen-bond donors (Lipinski definition) is 1. The van der Waals surface area contributed by atoms with E-state index in [0.717, 1.165) is 31.0 Å². The number of carbonyl (C=O) groups excluding carboxylic acids is 1. The summed E-state index contributed by atoms with van der Waals surface area (Å²) in [5, 5.41) is 11.7. The van der Waals surface area contributed by atoms with Gasteiger partial charge in [0.15, 0.2) is 5.78 Å². The van der Waals surface area contributed by atoms with Gasteiger partial charge in [-0.15, -0.1) is 34.9 Å². The second-order valence-electron chi connectivity index (χ2n) is 11.3. The summed E-state index contributed by atoms with van der Waals surface area (Å²) in [6, 6.07) is 13.4. The van der Waals surface area contributed by atoms with Crippen molar-refractivity contribution in [1.82, 2.24) is 4.98 Å². The number of hydrogen-bond acceptors (Lipinski definition) is 3. The molecule has 0 fully saturated rings. The van der Waals surface area contributed by atoms with Crippen LogP contribution in [-0.2, 0) is 31.1 Å². The number of alkyl halides is 3. The van der Waals surface area contributed by atoms with Crippen LogP contribution in [0.2, 0.25) is 0 Å². The minimum atomic E-state index is -4.51. The summed E-state index contributed by atoms with van der Waals surface area (Å²) >= 11 is 0. The molecule has 0 bridgehead atoms. The first-order chi connectivity index (χ1) is 21.4. The van der Waals surface area contributed by atoms with E-state index in [2.05, 4.69) is 11.1 Å². The van der Waals surface area contributed by atoms with Gasteiger partial charge >= 0.3 is 6.18 Å². The van der Waals surface area contributed by atoms with E-state index in [1.807, 2.05) is 41.5 Å². The zero-order valence-electron chi connectivity index (χ0n) is 30.5. The van der Waals surface area contributed by atoms with Gasteiger partial charge in [0.1, 0.15) is 5.76 Å². The number of allylic oxidation sites excluding steroid dienone is 2. The van der Waals surface area contributed by atoms with Gasteiger partial charge in [-0.25, -0.2) is 0 Å². The molecule has 3 aromatic carbocycles. The zero-order valence-corrected chi connectivity index (χ0v) is 26.9. The molecule has 4 rings (SSSR count). The molecule has 0 unspecified atom stereocenters. The number of aromatic nitrogens is 1. The van der Waals surface area contributed by atoms with Gasteiger partial charge in [0.25, 0.3) is 0 Å². The van der Waals surface area contributed by atoms with Crippen LogP contribution in [0, 0.1) is 30.6 Å². The molecule has 0 saturated heterocycles. The molecule has 1 radical (unpaired) electrons. The number of rotatable bonds is 6. The van der Waals surface area contributed by atoms with Gasteiger partial charge in [-0.05, 0) is 58.3 Å². The third kappa shape index (κ3) is 8.08. The first-order valence-corrected chi connectivity index (χ1v) is 13.4. The summed E-state index contributed by atoms with van der Waals surface area (Å²) in [6.45, 7) is 6.48. The molecule has 0 aliphatic heterocycles. The quantitative estimate of drug-likeness (QED) is 0.0922. The number of aryl methyl sites for hydroxylation is 2. The Kier molecular flexibility index (Phi) is 8.56. The molecule has 1 heterocycles. The average molecular weight is 761 g/mol. The Morgan fingerprint density at radius 2 is 1.60 bits per heavy atom. The van der Waals surface area contributed by atoms with Crippen molar-refractivity contribution in [2.24, 2.45) is 10.8 Å². The van der Waals surface area contributed by atoms with Crippen LogP contribution in [0.15, 0.2) is 66.6 Å². The van der Waals surface area contributed by atoms with Gasteiger partial charge in [0.05, 0.1) is 5.56 Å². The van der Waals surface area contributed by atoms with Gasteiger partial charge in [-0.2, -0.15) is 13.2 Å². The number of aliphatic hydroxyl groups is 1. The molecular formula is C35H39F3IrNO2-. The van der Waals surface area contributed by atoms with Crippen molar-refractivity contribution in [3.8, 4) is 11.3 Å². The number of pyridine rings is 1. The van der Waals surface area contributed by atoms with Crippen LogP contribution < -0.4 is 0 Å². The summed E-state index contributed by atoms with van der Waals surface area (Å²) in [5.74, 6) is 0.195. The number of halogens is 3. The standard InChI is InChI=1S/C22H15F3N.C13H24O2.Ir/c1-13-9-14(2)11-16(10-13)21-19-6-4-15-3-5-17(22(23,24)25)12-20(15)18(19)7-8-26-21;1-7-12(3,4)10(14)9-11(15)13(5,6)8-2;/h3-10,12H,1-2H3;9,14H,7-8H2,1-6H3;/q-1;;/i1D3,2D3;;. The van der Waals surface area contributed by atoms with E-state index in [4.69, 9.17) is 8.22 Å². The third-order valence-corrected chi connectivity index (χ3v) is 7.61. The molecule has 0 aliphatic rings. The summed E-state index contributed by atoms with van der Waals surface area (Å²) < 4.78 is 85.9. The molecule has 7 heteroatoms. The Bertz CT molecular complexity index is 1780. The molecule has 227 valence electrons. The minimum absolute atomic E-state index is 0. The predicted octanol–water partition coefficient (Wildman–Crippen LogP) is 10.4. The first-order valence-electron chi connectivity index (χ1n) is 16.4. The second kappa shape index (κ2) is 13.5. The third-order valence-electron chi connectivity index (χ3n) is 7.61. The number of carbonyl (C=O) groups is 1. The summed E-state index contributed by atoms with van der Waals surface area (Å²) in [7, 11) is 0. The van der Waals surface area contributed by atoms with E-state index >= 15 is 0 Å². The van der Waals surface area contributed by atoms with E-state index in [9.17, 15) is 23.1 Å². The largest absolute Gasteiger partial charge is 0.512 e. The Labute approximate surface area is 269 Å². The maximum absolute atomic E-state index is 13.2. The first kappa shape index (κ1) is 26.6. The predicted molar refractivity (Wildman–Crippen MR) is 162 cm³/mol. The van der Waals surface area contributed by atoms with Gasteiger partial charge in [0, 0.05) is 51.4 Å². The van der Waals surface area contributed by atoms with Crippen LogP contribution in [-0.4, -0.2) is 15.9 Å². The minimum Gasteiger partial charge on any atom is -0.512 e. The normalized spacial score (nSPS) is 15.2. The smallest absolute Gasteiger partial charge is 0.416 e. The molecule has 3 nitrogen and oxygen atoms in total. The maximum Gasteiger partial charge on any atom is 0.416 e. The molecule has 1 N–H and O–H groups in total. The second-order valence-corrected chi connectivity index (χ2v) is 11.3. The fourth-order valence-electron chi connectivity index (χ4n) is 3.94. The Hall–Kier alpha value is -3.02. The van der Waals surface area contributed by atoms with Crippen molar-refractivity contribution in [2.45, 2.75) is 74.3 Å². The Morgan fingerprint density at radius 3 is 2.19 bits per heavy atom. The number of aliphatic hydroxyl groups excluding tert-OH is 1. The van der Waals surface area contributed by atoms with Crippen molar-refractivity contribution in [1.29, 1.82) is 0 Å². The topological polar surface area (TPSA) is 50.2 Å². The molecule has 42 heavy (non-hydrogen) atoms. The van der Waals surface area contributed by atoms with E-state index < -0.39 is 25.4 Å². The average Bonchev–Trinajstić information content (AvgIpc) is 2.99. The van der Waals surface area contributed by atoms with Crippen molar-refractivity contribution < 1.29 is 51.4 Å². The van der Waals surface area contributed by atoms with Crippen LogP contribution in [0.1, 0.15) is 79.3 Å². The molecule has 1 aromatic heterocycles. The summed E-state index contributed by atoms with van der Waals surface area (Å²) in [4.78, 5) is 16.1. The summed E-state index contributed by atoms with van der Waals surface area (Å²) in [6.07, 6.45) is -0.130. The van der Waals surface area contributed by atoms with E-state index in [1.165, 1.54) is 24.4 Å². The van der Waals surface area contributed by atoms with Crippen LogP contribution in [0.25, 0.3) is 32.8 Å². The number of nitrogens with zero attached hydrogens (tertiary/aromatic N) is 1. The van der Waals surface area contributed by atoms with Crippen LogP contribution in [0.4, 0.5) is 13.2 Å². The molecular weight excluding hydrogens is 716 g/mol. The van der Waals surface area contributed by atoms with E-state index in [0.29, 0.717) is 21.5 Å². The fraction of sp³-hybridized carbons (Fsp3) is 0.371. The fourth-order valence-corrected chi connectivity index (χ4v) is 3.94. The van der Waals surface area contributed by atoms with Gasteiger partial charge in [-0.3, -0.25) is 4.79 Å². The van der Waals surface area contributed by atoms with Crippen molar-refractivity contribution in [3.05, 3.63) is 89.3 Å². The van der Waals surface area contributed by atoms with Crippen LogP contribution in [0.3, 0.4) is 0 Å². The summed E-state index contributed by atoms with van der Waals surface area (Å²) in [5.41, 5.74) is -1.56. The zero-order chi connectivity index (χ0) is 35.8. The Morgan fingerprint density at radius 1 is 0.929 bits per heavy atom. The van der Waals surface area contributed by atoms with Crippen LogP contribution >= 0.6 is 0 Å². The molecule has 0 spiro atoms. The number of fused-ring (bicyclic) bond motifs is 3. The monoisotopic (exact) mass is 761 g/mol. The number of benzene rings is 3. The Balaban J connectivity index is 0.000000427. The van der Waals surface area contributed by atoms with Gasteiger partial charge in [0.2, 0.25) is 0 Å². The SMILES string of the molecule is CCC(C)(C)C(=O)C=C(O)C(C)(C)CC.[2H]C([2H])([2H])c1[c-]c(-c2nccc3c2ccc2ccc(C(F)(F)F)cc23)cc(C([2H])([2H])[2H])c1.[Ir]. The van der Waals surface area contributed by atoms with Gasteiger partial charge in [-0.1, -0.05) is 73.4 Å². The van der Waals surface area contributed by atoms with E-state index in [-0.39, 0.29) is 64.9 Å². The maximum atomic E-state index is 13.2. The molecule has 0 amide bonds.